The molecule has 2 aromatic rings. The zero-order chi connectivity index (χ0) is 14.1. The molecule has 2 heterocycles. The molecule has 0 unspecified atom stereocenters. The molecule has 1 N–H and O–H groups in total. The van der Waals surface area contributed by atoms with Gasteiger partial charge in [0.25, 0.3) is 0 Å². The summed E-state index contributed by atoms with van der Waals surface area (Å²) in [5, 5.41) is 9.29. The molecule has 1 fully saturated rings. The molecule has 1 aliphatic rings. The Bertz CT molecular complexity index is 598. The number of hydrogen-bond donors (Lipinski definition) is 1. The van der Waals surface area contributed by atoms with E-state index in [1.165, 1.54) is 0 Å². The summed E-state index contributed by atoms with van der Waals surface area (Å²) in [6, 6.07) is 8.00. The Balaban J connectivity index is 1.72. The summed E-state index contributed by atoms with van der Waals surface area (Å²) in [6.45, 7) is 1.20. The summed E-state index contributed by atoms with van der Waals surface area (Å²) in [4.78, 5) is 6.65. The Labute approximate surface area is 117 Å². The SMILES string of the molecule is Cn1c(CCN2C[C@@H](F)C[C@H]2CO)nc2ccccc21. The number of para-hydroxylation sites is 2. The van der Waals surface area contributed by atoms with Crippen LogP contribution in [0.15, 0.2) is 24.3 Å². The molecule has 0 bridgehead atoms. The number of likely N-dealkylation sites (tertiary alicyclic amines) is 1. The third-order valence-corrected chi connectivity index (χ3v) is 4.19. The molecule has 20 heavy (non-hydrogen) atoms. The monoisotopic (exact) mass is 277 g/mol. The van der Waals surface area contributed by atoms with E-state index in [9.17, 15) is 9.50 Å². The third kappa shape index (κ3) is 2.43. The number of nitrogens with zero attached hydrogens (tertiary/aromatic N) is 3. The topological polar surface area (TPSA) is 41.3 Å². The van der Waals surface area contributed by atoms with Gasteiger partial charge >= 0.3 is 0 Å². The van der Waals surface area contributed by atoms with E-state index in [1.54, 1.807) is 0 Å². The van der Waals surface area contributed by atoms with E-state index in [-0.39, 0.29) is 12.6 Å². The zero-order valence-corrected chi connectivity index (χ0v) is 11.7. The number of benzene rings is 1. The fourth-order valence-electron chi connectivity index (χ4n) is 3.05. The molecule has 108 valence electrons. The van der Waals surface area contributed by atoms with Crippen molar-refractivity contribution in [2.24, 2.45) is 7.05 Å². The van der Waals surface area contributed by atoms with Crippen LogP contribution in [0.25, 0.3) is 11.0 Å². The van der Waals surface area contributed by atoms with Crippen LogP contribution in [0.1, 0.15) is 12.2 Å². The average Bonchev–Trinajstić information content (AvgIpc) is 2.97. The molecule has 3 rings (SSSR count). The number of aliphatic hydroxyl groups excluding tert-OH is 1. The minimum absolute atomic E-state index is 0.0307. The quantitative estimate of drug-likeness (QED) is 0.921. The summed E-state index contributed by atoms with van der Waals surface area (Å²) in [7, 11) is 2.01. The van der Waals surface area contributed by atoms with Crippen molar-refractivity contribution in [1.82, 2.24) is 14.5 Å². The first-order chi connectivity index (χ1) is 9.69. The predicted molar refractivity (Wildman–Crippen MR) is 76.4 cm³/mol. The second-order valence-electron chi connectivity index (χ2n) is 5.49. The van der Waals surface area contributed by atoms with Crippen molar-refractivity contribution >= 4 is 11.0 Å². The van der Waals surface area contributed by atoms with E-state index >= 15 is 0 Å². The summed E-state index contributed by atoms with van der Waals surface area (Å²) < 4.78 is 15.5. The van der Waals surface area contributed by atoms with Crippen molar-refractivity contribution < 1.29 is 9.50 Å². The minimum atomic E-state index is -0.812. The molecule has 1 saturated heterocycles. The molecule has 5 heteroatoms. The van der Waals surface area contributed by atoms with Crippen LogP contribution in [0.5, 0.6) is 0 Å². The Morgan fingerprint density at radius 1 is 1.40 bits per heavy atom. The highest BCUT2D eigenvalue weighted by atomic mass is 19.1. The van der Waals surface area contributed by atoms with Crippen molar-refractivity contribution in [2.75, 3.05) is 19.7 Å². The van der Waals surface area contributed by atoms with E-state index < -0.39 is 6.17 Å². The number of halogens is 1. The smallest absolute Gasteiger partial charge is 0.114 e. The number of hydrogen-bond acceptors (Lipinski definition) is 3. The minimum Gasteiger partial charge on any atom is -0.395 e. The highest BCUT2D eigenvalue weighted by Gasteiger charge is 2.31. The zero-order valence-electron chi connectivity index (χ0n) is 11.7. The molecule has 0 saturated carbocycles. The van der Waals surface area contributed by atoms with Gasteiger partial charge in [-0.1, -0.05) is 12.1 Å². The normalized spacial score (nSPS) is 23.8. The van der Waals surface area contributed by atoms with Gasteiger partial charge in [0.05, 0.1) is 17.6 Å². The molecule has 0 spiro atoms. The van der Waals surface area contributed by atoms with Crippen LogP contribution in [0.2, 0.25) is 0 Å². The maximum Gasteiger partial charge on any atom is 0.114 e. The molecule has 0 radical (unpaired) electrons. The summed E-state index contributed by atoms with van der Waals surface area (Å²) in [5.41, 5.74) is 2.11. The van der Waals surface area contributed by atoms with E-state index in [1.807, 2.05) is 30.1 Å². The van der Waals surface area contributed by atoms with E-state index in [0.717, 1.165) is 29.8 Å². The van der Waals surface area contributed by atoms with Crippen molar-refractivity contribution in [1.29, 1.82) is 0 Å². The lowest BCUT2D eigenvalue weighted by atomic mass is 10.2. The van der Waals surface area contributed by atoms with Gasteiger partial charge in [0.15, 0.2) is 0 Å². The largest absolute Gasteiger partial charge is 0.395 e. The maximum absolute atomic E-state index is 13.4. The van der Waals surface area contributed by atoms with Crippen LogP contribution in [0, 0.1) is 0 Å². The summed E-state index contributed by atoms with van der Waals surface area (Å²) in [5.74, 6) is 1.00. The molecule has 1 aromatic heterocycles. The van der Waals surface area contributed by atoms with Crippen LogP contribution in [-0.4, -0.2) is 51.5 Å². The molecule has 1 aromatic carbocycles. The highest BCUT2D eigenvalue weighted by Crippen LogP contribution is 2.21. The van der Waals surface area contributed by atoms with E-state index in [0.29, 0.717) is 13.0 Å². The van der Waals surface area contributed by atoms with E-state index in [2.05, 4.69) is 15.6 Å². The first-order valence-corrected chi connectivity index (χ1v) is 7.08. The summed E-state index contributed by atoms with van der Waals surface area (Å²) >= 11 is 0. The average molecular weight is 277 g/mol. The van der Waals surface area contributed by atoms with Crippen LogP contribution in [-0.2, 0) is 13.5 Å². The standard InChI is InChI=1S/C15H20FN3O/c1-18-14-5-3-2-4-13(14)17-15(18)6-7-19-9-11(16)8-12(19)10-20/h2-5,11-12,20H,6-10H2,1H3/t11-,12-/m0/s1. The number of fused-ring (bicyclic) bond motifs is 1. The Kier molecular flexibility index (Phi) is 3.72. The van der Waals surface area contributed by atoms with Gasteiger partial charge in [-0.2, -0.15) is 0 Å². The van der Waals surface area contributed by atoms with Crippen molar-refractivity contribution in [3.05, 3.63) is 30.1 Å². The first-order valence-electron chi connectivity index (χ1n) is 7.08. The van der Waals surface area contributed by atoms with Gasteiger partial charge in [0.2, 0.25) is 0 Å². The molecular formula is C15H20FN3O. The molecule has 1 aliphatic heterocycles. The van der Waals surface area contributed by atoms with E-state index in [4.69, 9.17) is 0 Å². The fraction of sp³-hybridized carbons (Fsp3) is 0.533. The van der Waals surface area contributed by atoms with Gasteiger partial charge in [-0.05, 0) is 18.6 Å². The van der Waals surface area contributed by atoms with Crippen molar-refractivity contribution in [2.45, 2.75) is 25.1 Å². The van der Waals surface area contributed by atoms with Crippen LogP contribution in [0.3, 0.4) is 0 Å². The second-order valence-corrected chi connectivity index (χ2v) is 5.49. The van der Waals surface area contributed by atoms with Gasteiger partial charge in [-0.15, -0.1) is 0 Å². The number of aliphatic hydroxyl groups is 1. The molecule has 2 atom stereocenters. The lowest BCUT2D eigenvalue weighted by molar-refractivity contribution is 0.159. The Morgan fingerprint density at radius 2 is 2.20 bits per heavy atom. The summed E-state index contributed by atoms with van der Waals surface area (Å²) in [6.07, 6.45) is 0.403. The lowest BCUT2D eigenvalue weighted by Crippen LogP contribution is -2.34. The van der Waals surface area contributed by atoms with Gasteiger partial charge in [0, 0.05) is 32.6 Å². The van der Waals surface area contributed by atoms with Gasteiger partial charge in [-0.25, -0.2) is 9.37 Å². The fourth-order valence-corrected chi connectivity index (χ4v) is 3.05. The van der Waals surface area contributed by atoms with Crippen LogP contribution < -0.4 is 0 Å². The molecule has 0 aliphatic carbocycles. The molecule has 0 amide bonds. The number of aromatic nitrogens is 2. The second kappa shape index (κ2) is 5.50. The highest BCUT2D eigenvalue weighted by molar-refractivity contribution is 5.75. The predicted octanol–water partition coefficient (Wildman–Crippen LogP) is 1.52. The van der Waals surface area contributed by atoms with Crippen molar-refractivity contribution in [3.8, 4) is 0 Å². The third-order valence-electron chi connectivity index (χ3n) is 4.19. The molecule has 4 nitrogen and oxygen atoms in total. The van der Waals surface area contributed by atoms with Crippen molar-refractivity contribution in [3.63, 3.8) is 0 Å². The number of aryl methyl sites for hydroxylation is 1. The van der Waals surface area contributed by atoms with Crippen LogP contribution >= 0.6 is 0 Å². The molecular weight excluding hydrogens is 257 g/mol. The van der Waals surface area contributed by atoms with Gasteiger partial charge in [0.1, 0.15) is 12.0 Å². The maximum atomic E-state index is 13.4. The van der Waals surface area contributed by atoms with Crippen LogP contribution in [0.4, 0.5) is 4.39 Å². The lowest BCUT2D eigenvalue weighted by Gasteiger charge is -2.21. The Hall–Kier alpha value is -1.46. The number of imidazole rings is 1. The number of alkyl halides is 1. The first kappa shape index (κ1) is 13.5. The van der Waals surface area contributed by atoms with Gasteiger partial charge < -0.3 is 9.67 Å². The number of rotatable bonds is 4. The van der Waals surface area contributed by atoms with Gasteiger partial charge in [-0.3, -0.25) is 4.90 Å². The Morgan fingerprint density at radius 3 is 2.95 bits per heavy atom.